The molecule has 2 unspecified atom stereocenters. The summed E-state index contributed by atoms with van der Waals surface area (Å²) in [6.45, 7) is 1.87. The van der Waals surface area contributed by atoms with Crippen LogP contribution in [0, 0.1) is 24.2 Å². The first kappa shape index (κ1) is 13.8. The van der Waals surface area contributed by atoms with Crippen molar-refractivity contribution in [3.8, 4) is 6.07 Å². The zero-order chi connectivity index (χ0) is 15.0. The molecule has 110 valence electrons. The van der Waals surface area contributed by atoms with Crippen LogP contribution in [0.5, 0.6) is 0 Å². The van der Waals surface area contributed by atoms with E-state index in [1.54, 1.807) is 6.07 Å². The van der Waals surface area contributed by atoms with Crippen LogP contribution >= 0.6 is 0 Å². The molecule has 0 spiro atoms. The predicted molar refractivity (Wildman–Crippen MR) is 75.7 cm³/mol. The fourth-order valence-corrected chi connectivity index (χ4v) is 3.76. The number of anilines is 1. The summed E-state index contributed by atoms with van der Waals surface area (Å²) >= 11 is 0. The lowest BCUT2D eigenvalue weighted by molar-refractivity contribution is -0.138. The van der Waals surface area contributed by atoms with Gasteiger partial charge in [-0.1, -0.05) is 0 Å². The predicted octanol–water partition coefficient (Wildman–Crippen LogP) is 1.88. The number of aromatic nitrogens is 2. The quantitative estimate of drug-likeness (QED) is 0.912. The second-order valence-corrected chi connectivity index (χ2v) is 6.03. The molecule has 3 rings (SSSR count). The Balaban J connectivity index is 1.84. The maximum atomic E-state index is 10.9. The van der Waals surface area contributed by atoms with E-state index in [1.165, 1.54) is 0 Å². The summed E-state index contributed by atoms with van der Waals surface area (Å²) in [5, 5.41) is 18.0. The van der Waals surface area contributed by atoms with Gasteiger partial charge in [-0.15, -0.1) is 0 Å². The molecule has 0 saturated carbocycles. The van der Waals surface area contributed by atoms with Crippen molar-refractivity contribution in [2.45, 2.75) is 51.1 Å². The van der Waals surface area contributed by atoms with E-state index in [2.05, 4.69) is 20.9 Å². The third-order valence-corrected chi connectivity index (χ3v) is 4.48. The Hall–Kier alpha value is -2.16. The number of carbonyl (C=O) groups is 1. The minimum Gasteiger partial charge on any atom is -0.481 e. The highest BCUT2D eigenvalue weighted by Crippen LogP contribution is 2.41. The van der Waals surface area contributed by atoms with Crippen LogP contribution in [0.25, 0.3) is 0 Å². The van der Waals surface area contributed by atoms with Crippen molar-refractivity contribution in [2.24, 2.45) is 5.92 Å². The standard InChI is InChI=1S/C15H18N4O2/c1-9-4-11(8-16)18-15(17-9)19-12-2-3-13(19)6-10(5-12)7-14(20)21/h4,10,12-13H,2-3,5-7H2,1H3,(H,20,21). The Kier molecular flexibility index (Phi) is 3.50. The van der Waals surface area contributed by atoms with Crippen LogP contribution in [0.15, 0.2) is 6.07 Å². The van der Waals surface area contributed by atoms with Crippen molar-refractivity contribution >= 4 is 11.9 Å². The molecule has 2 bridgehead atoms. The summed E-state index contributed by atoms with van der Waals surface area (Å²) in [4.78, 5) is 21.9. The Morgan fingerprint density at radius 3 is 2.67 bits per heavy atom. The summed E-state index contributed by atoms with van der Waals surface area (Å²) in [7, 11) is 0. The number of aryl methyl sites for hydroxylation is 1. The largest absolute Gasteiger partial charge is 0.481 e. The highest BCUT2D eigenvalue weighted by atomic mass is 16.4. The minimum atomic E-state index is -0.716. The van der Waals surface area contributed by atoms with Crippen molar-refractivity contribution in [3.63, 3.8) is 0 Å². The number of carboxylic acid groups (broad SMARTS) is 1. The van der Waals surface area contributed by atoms with Crippen LogP contribution in [0.2, 0.25) is 0 Å². The molecule has 1 N–H and O–H groups in total. The van der Waals surface area contributed by atoms with E-state index >= 15 is 0 Å². The summed E-state index contributed by atoms with van der Waals surface area (Å²) in [6.07, 6.45) is 4.11. The van der Waals surface area contributed by atoms with Crippen molar-refractivity contribution in [3.05, 3.63) is 17.5 Å². The second-order valence-electron chi connectivity index (χ2n) is 6.03. The Bertz CT molecular complexity index is 596. The third-order valence-electron chi connectivity index (χ3n) is 4.48. The van der Waals surface area contributed by atoms with Gasteiger partial charge in [-0.25, -0.2) is 9.97 Å². The van der Waals surface area contributed by atoms with E-state index < -0.39 is 5.97 Å². The Labute approximate surface area is 123 Å². The molecule has 6 heteroatoms. The lowest BCUT2D eigenvalue weighted by atomic mass is 9.88. The average molecular weight is 286 g/mol. The van der Waals surface area contributed by atoms with Crippen LogP contribution < -0.4 is 4.90 Å². The molecule has 2 atom stereocenters. The van der Waals surface area contributed by atoms with E-state index in [0.717, 1.165) is 31.4 Å². The third kappa shape index (κ3) is 2.68. The molecule has 1 aromatic rings. The van der Waals surface area contributed by atoms with Crippen molar-refractivity contribution in [1.82, 2.24) is 9.97 Å². The maximum absolute atomic E-state index is 10.9. The molecular weight excluding hydrogens is 268 g/mol. The number of aliphatic carboxylic acids is 1. The lowest BCUT2D eigenvalue weighted by Gasteiger charge is -2.38. The number of rotatable bonds is 3. The number of hydrogen-bond acceptors (Lipinski definition) is 5. The molecule has 3 heterocycles. The number of hydrogen-bond donors (Lipinski definition) is 1. The highest BCUT2D eigenvalue weighted by Gasteiger charge is 2.42. The van der Waals surface area contributed by atoms with Crippen molar-refractivity contribution in [2.75, 3.05) is 4.90 Å². The van der Waals surface area contributed by atoms with Gasteiger partial charge in [0.25, 0.3) is 0 Å². The molecule has 0 aromatic carbocycles. The SMILES string of the molecule is Cc1cc(C#N)nc(N2C3CCC2CC(CC(=O)O)C3)n1. The smallest absolute Gasteiger partial charge is 0.303 e. The van der Waals surface area contributed by atoms with E-state index in [-0.39, 0.29) is 12.3 Å². The summed E-state index contributed by atoms with van der Waals surface area (Å²) in [5.41, 5.74) is 1.19. The Morgan fingerprint density at radius 1 is 1.43 bits per heavy atom. The van der Waals surface area contributed by atoms with Gasteiger partial charge in [-0.05, 0) is 44.6 Å². The number of nitriles is 1. The van der Waals surface area contributed by atoms with E-state index in [4.69, 9.17) is 10.4 Å². The first-order valence-electron chi connectivity index (χ1n) is 7.32. The second kappa shape index (κ2) is 5.32. The molecule has 2 aliphatic rings. The fraction of sp³-hybridized carbons (Fsp3) is 0.600. The van der Waals surface area contributed by atoms with Crippen molar-refractivity contribution < 1.29 is 9.90 Å². The number of carboxylic acids is 1. The monoisotopic (exact) mass is 286 g/mol. The van der Waals surface area contributed by atoms with Crippen LogP contribution in [0.1, 0.15) is 43.5 Å². The zero-order valence-corrected chi connectivity index (χ0v) is 12.0. The van der Waals surface area contributed by atoms with Gasteiger partial charge < -0.3 is 10.0 Å². The highest BCUT2D eigenvalue weighted by molar-refractivity contribution is 5.67. The van der Waals surface area contributed by atoms with E-state index in [0.29, 0.717) is 23.7 Å². The molecule has 6 nitrogen and oxygen atoms in total. The molecule has 0 amide bonds. The number of fused-ring (bicyclic) bond motifs is 2. The van der Waals surface area contributed by atoms with Gasteiger partial charge in [0.05, 0.1) is 0 Å². The molecule has 1 aromatic heterocycles. The van der Waals surface area contributed by atoms with Crippen LogP contribution in [0.3, 0.4) is 0 Å². The summed E-state index contributed by atoms with van der Waals surface area (Å²) < 4.78 is 0. The van der Waals surface area contributed by atoms with Gasteiger partial charge in [0.1, 0.15) is 11.8 Å². The van der Waals surface area contributed by atoms with Crippen LogP contribution in [-0.4, -0.2) is 33.1 Å². The first-order valence-corrected chi connectivity index (χ1v) is 7.32. The van der Waals surface area contributed by atoms with Gasteiger partial charge in [0.2, 0.25) is 5.95 Å². The van der Waals surface area contributed by atoms with Gasteiger partial charge >= 0.3 is 5.97 Å². The fourth-order valence-electron chi connectivity index (χ4n) is 3.76. The molecule has 2 aliphatic heterocycles. The zero-order valence-electron chi connectivity index (χ0n) is 12.0. The van der Waals surface area contributed by atoms with Gasteiger partial charge in [-0.2, -0.15) is 5.26 Å². The molecule has 21 heavy (non-hydrogen) atoms. The van der Waals surface area contributed by atoms with Gasteiger partial charge in [0.15, 0.2) is 0 Å². The van der Waals surface area contributed by atoms with Gasteiger partial charge in [-0.3, -0.25) is 4.79 Å². The molecule has 2 saturated heterocycles. The molecular formula is C15H18N4O2. The van der Waals surface area contributed by atoms with Crippen molar-refractivity contribution in [1.29, 1.82) is 5.26 Å². The minimum absolute atomic E-state index is 0.247. The molecule has 0 radical (unpaired) electrons. The van der Waals surface area contributed by atoms with Crippen LogP contribution in [-0.2, 0) is 4.79 Å². The summed E-state index contributed by atoms with van der Waals surface area (Å²) in [5.74, 6) is 0.163. The average Bonchev–Trinajstić information content (AvgIpc) is 2.69. The van der Waals surface area contributed by atoms with E-state index in [9.17, 15) is 4.79 Å². The van der Waals surface area contributed by atoms with E-state index in [1.807, 2.05) is 6.92 Å². The van der Waals surface area contributed by atoms with Gasteiger partial charge in [0, 0.05) is 24.2 Å². The summed E-state index contributed by atoms with van der Waals surface area (Å²) in [6, 6.07) is 4.37. The Morgan fingerprint density at radius 2 is 2.10 bits per heavy atom. The number of nitrogens with zero attached hydrogens (tertiary/aromatic N) is 4. The maximum Gasteiger partial charge on any atom is 0.303 e. The molecule has 2 fully saturated rings. The topological polar surface area (TPSA) is 90.1 Å². The first-order chi connectivity index (χ1) is 10.1. The number of piperidine rings is 1. The lowest BCUT2D eigenvalue weighted by Crippen LogP contribution is -2.44. The normalized spacial score (nSPS) is 27.4. The van der Waals surface area contributed by atoms with Crippen LogP contribution in [0.4, 0.5) is 5.95 Å². The molecule has 0 aliphatic carbocycles.